The topological polar surface area (TPSA) is 108 Å². The monoisotopic (exact) mass is 1210 g/mol. The summed E-state index contributed by atoms with van der Waals surface area (Å²) >= 11 is 0. The molecule has 9 nitrogen and oxygen atoms in total. The molecule has 0 aliphatic heterocycles. The van der Waals surface area contributed by atoms with Crippen molar-refractivity contribution in [3.8, 4) is 0 Å². The van der Waals surface area contributed by atoms with Crippen LogP contribution in [0.5, 0.6) is 0 Å². The van der Waals surface area contributed by atoms with Crippen molar-refractivity contribution in [2.24, 2.45) is 0 Å². The van der Waals surface area contributed by atoms with Crippen LogP contribution in [-0.4, -0.2) is 74.9 Å². The van der Waals surface area contributed by atoms with E-state index in [9.17, 15) is 19.0 Å². The normalized spacial score (nSPS) is 14.2. The van der Waals surface area contributed by atoms with Crippen LogP contribution in [0, 0.1) is 0 Å². The highest BCUT2D eigenvalue weighted by molar-refractivity contribution is 7.47. The molecule has 0 rings (SSSR count). The van der Waals surface area contributed by atoms with Gasteiger partial charge in [0.25, 0.3) is 0 Å². The quantitative estimate of drug-likeness (QED) is 0.0211. The first-order valence-electron chi connectivity index (χ1n) is 34.2. The van der Waals surface area contributed by atoms with Crippen molar-refractivity contribution in [2.45, 2.75) is 264 Å². The molecule has 0 aromatic rings. The van der Waals surface area contributed by atoms with E-state index >= 15 is 0 Å². The zero-order chi connectivity index (χ0) is 62.6. The highest BCUT2D eigenvalue weighted by Gasteiger charge is 2.27. The van der Waals surface area contributed by atoms with Crippen molar-refractivity contribution in [3.63, 3.8) is 0 Å². The molecule has 0 saturated heterocycles. The fourth-order valence-corrected chi connectivity index (χ4v) is 9.62. The molecular formula is C76H127NO8P+. The Morgan fingerprint density at radius 3 is 0.942 bits per heavy atom. The summed E-state index contributed by atoms with van der Waals surface area (Å²) in [4.78, 5) is 35.9. The average Bonchev–Trinajstić information content (AvgIpc) is 3.56. The molecule has 0 fully saturated rings. The lowest BCUT2D eigenvalue weighted by atomic mass is 10.0. The van der Waals surface area contributed by atoms with Crippen molar-refractivity contribution < 1.29 is 42.1 Å². The first kappa shape index (κ1) is 81.6. The van der Waals surface area contributed by atoms with Crippen LogP contribution in [0.3, 0.4) is 0 Å². The summed E-state index contributed by atoms with van der Waals surface area (Å²) in [6.07, 6.45) is 97.7. The maximum Gasteiger partial charge on any atom is 0.472 e. The number of carbonyl (C=O) groups is 2. The molecule has 86 heavy (non-hydrogen) atoms. The number of hydrogen-bond donors (Lipinski definition) is 1. The van der Waals surface area contributed by atoms with Crippen LogP contribution < -0.4 is 0 Å². The summed E-state index contributed by atoms with van der Waals surface area (Å²) < 4.78 is 34.7. The van der Waals surface area contributed by atoms with Gasteiger partial charge in [-0.3, -0.25) is 18.6 Å². The van der Waals surface area contributed by atoms with Crippen LogP contribution >= 0.6 is 7.82 Å². The number of quaternary nitrogens is 1. The molecule has 0 aliphatic rings. The summed E-state index contributed by atoms with van der Waals surface area (Å²) in [7, 11) is 1.44. The molecular weight excluding hydrogens is 1090 g/mol. The largest absolute Gasteiger partial charge is 0.472 e. The minimum absolute atomic E-state index is 0.0172. The second-order valence-electron chi connectivity index (χ2n) is 23.4. The number of carbonyl (C=O) groups excluding carboxylic acids is 2. The summed E-state index contributed by atoms with van der Waals surface area (Å²) in [5.74, 6) is -0.841. The van der Waals surface area contributed by atoms with Gasteiger partial charge in [0.15, 0.2) is 6.10 Å². The first-order chi connectivity index (χ1) is 42.0. The van der Waals surface area contributed by atoms with Gasteiger partial charge < -0.3 is 18.9 Å². The lowest BCUT2D eigenvalue weighted by Crippen LogP contribution is -2.37. The second-order valence-corrected chi connectivity index (χ2v) is 24.9. The Bertz CT molecular complexity index is 2010. The second kappa shape index (κ2) is 65.1. The zero-order valence-corrected chi connectivity index (χ0v) is 56.4. The molecule has 10 heteroatoms. The van der Waals surface area contributed by atoms with E-state index in [2.05, 4.69) is 172 Å². The molecule has 0 radical (unpaired) electrons. The third-order valence-corrected chi connectivity index (χ3v) is 15.0. The molecule has 0 heterocycles. The standard InChI is InChI=1S/C76H126NO8P/c1-6-8-10-12-14-16-18-20-22-24-26-28-30-32-34-36-38-40-42-44-46-48-50-52-54-56-58-60-62-64-66-68-75(78)82-72-74(73-84-86(80,81)83-71-70-77(3,4)5)85-76(79)69-67-65-63-61-59-57-55-53-51-49-47-45-43-41-39-37-35-33-31-29-27-25-23-21-19-17-15-13-11-9-7-2/h8-11,14-17,20-23,26-29,33,35,39,41,45,47,51,53,57,59,74H,6-7,12-13,18-19,24-25,30-32,34,36-38,40,42-44,46,48-50,52,54-56,58,60-73H2,1-5H3/p+1/b10-8-,11-9-,16-14-,17-15-,22-20-,23-21-,28-26-,29-27-,35-33-,41-39-,47-45-,53-51-,59-57-. The van der Waals surface area contributed by atoms with Crippen LogP contribution in [0.4, 0.5) is 0 Å². The molecule has 0 bridgehead atoms. The number of allylic oxidation sites excluding steroid dienone is 26. The van der Waals surface area contributed by atoms with E-state index < -0.39 is 26.5 Å². The molecule has 2 unspecified atom stereocenters. The van der Waals surface area contributed by atoms with E-state index in [4.69, 9.17) is 18.5 Å². The SMILES string of the molecule is CC/C=C\C/C=C\C/C=C\C/C=C\C/C=C\C/C=C\C/C=C\C/C=C\C/C=C\CCCCCC(=O)OC(COC(=O)CCCCCCCCCCCCCCCCCCCC/C=C\C/C=C\C/C=C\C/C=C\CC)COP(=O)(O)OCC[N+](C)(C)C. The van der Waals surface area contributed by atoms with E-state index in [1.165, 1.54) is 103 Å². The molecule has 0 aliphatic carbocycles. The fraction of sp³-hybridized carbons (Fsp3) is 0.632. The molecule has 0 aromatic heterocycles. The number of nitrogens with zero attached hydrogens (tertiary/aromatic N) is 1. The van der Waals surface area contributed by atoms with Crippen LogP contribution in [-0.2, 0) is 32.7 Å². The summed E-state index contributed by atoms with van der Waals surface area (Å²) in [6, 6.07) is 0. The molecule has 488 valence electrons. The van der Waals surface area contributed by atoms with Gasteiger partial charge in [-0.15, -0.1) is 0 Å². The van der Waals surface area contributed by atoms with E-state index in [-0.39, 0.29) is 32.0 Å². The van der Waals surface area contributed by atoms with Gasteiger partial charge in [0.2, 0.25) is 0 Å². The lowest BCUT2D eigenvalue weighted by molar-refractivity contribution is -0.870. The number of likely N-dealkylation sites (N-methyl/N-ethyl adjacent to an activating group) is 1. The predicted octanol–water partition coefficient (Wildman–Crippen LogP) is 22.4. The molecule has 0 aromatic carbocycles. The molecule has 0 spiro atoms. The molecule has 0 saturated carbocycles. The third-order valence-electron chi connectivity index (χ3n) is 14.1. The number of hydrogen-bond acceptors (Lipinski definition) is 7. The number of phosphoric acid groups is 1. The van der Waals surface area contributed by atoms with Gasteiger partial charge >= 0.3 is 19.8 Å². The maximum atomic E-state index is 12.9. The highest BCUT2D eigenvalue weighted by atomic mass is 31.2. The summed E-state index contributed by atoms with van der Waals surface area (Å²) in [5, 5.41) is 0. The third kappa shape index (κ3) is 68.7. The van der Waals surface area contributed by atoms with Gasteiger partial charge in [0.1, 0.15) is 19.8 Å². The van der Waals surface area contributed by atoms with Crippen LogP contribution in [0.2, 0.25) is 0 Å². The summed E-state index contributed by atoms with van der Waals surface area (Å²) in [6.45, 7) is 4.17. The Balaban J connectivity index is 4.17. The Morgan fingerprint density at radius 1 is 0.360 bits per heavy atom. The van der Waals surface area contributed by atoms with Gasteiger partial charge in [-0.2, -0.15) is 0 Å². The first-order valence-corrected chi connectivity index (χ1v) is 35.7. The minimum atomic E-state index is -4.41. The van der Waals surface area contributed by atoms with Crippen LogP contribution in [0.25, 0.3) is 0 Å². The van der Waals surface area contributed by atoms with Gasteiger partial charge in [-0.25, -0.2) is 4.57 Å². The van der Waals surface area contributed by atoms with Crippen LogP contribution in [0.15, 0.2) is 158 Å². The van der Waals surface area contributed by atoms with Crippen molar-refractivity contribution in [2.75, 3.05) is 47.5 Å². The molecule has 2 atom stereocenters. The van der Waals surface area contributed by atoms with E-state index in [0.29, 0.717) is 17.4 Å². The number of rotatable bonds is 61. The minimum Gasteiger partial charge on any atom is -0.462 e. The van der Waals surface area contributed by atoms with Gasteiger partial charge in [-0.05, 0) is 122 Å². The summed E-state index contributed by atoms with van der Waals surface area (Å²) in [5.41, 5.74) is 0. The van der Waals surface area contributed by atoms with Crippen LogP contribution in [0.1, 0.15) is 258 Å². The van der Waals surface area contributed by atoms with Crippen molar-refractivity contribution >= 4 is 19.8 Å². The number of unbranched alkanes of at least 4 members (excludes halogenated alkanes) is 21. The Kier molecular flexibility index (Phi) is 61.8. The lowest BCUT2D eigenvalue weighted by Gasteiger charge is -2.24. The average molecular weight is 1210 g/mol. The fourth-order valence-electron chi connectivity index (χ4n) is 8.88. The van der Waals surface area contributed by atoms with Gasteiger partial charge in [0.05, 0.1) is 27.7 Å². The highest BCUT2D eigenvalue weighted by Crippen LogP contribution is 2.43. The Morgan fingerprint density at radius 2 is 0.628 bits per heavy atom. The van der Waals surface area contributed by atoms with Crippen molar-refractivity contribution in [1.29, 1.82) is 0 Å². The smallest absolute Gasteiger partial charge is 0.462 e. The maximum absolute atomic E-state index is 12.9. The molecule has 0 amide bonds. The van der Waals surface area contributed by atoms with Crippen molar-refractivity contribution in [1.82, 2.24) is 0 Å². The Labute approximate surface area is 528 Å². The van der Waals surface area contributed by atoms with Gasteiger partial charge in [-0.1, -0.05) is 281 Å². The van der Waals surface area contributed by atoms with Crippen molar-refractivity contribution in [3.05, 3.63) is 158 Å². The van der Waals surface area contributed by atoms with E-state index in [1.807, 2.05) is 21.1 Å². The Hall–Kier alpha value is -4.37. The predicted molar refractivity (Wildman–Crippen MR) is 371 cm³/mol. The molecule has 1 N–H and O–H groups in total. The number of phosphoric ester groups is 1. The van der Waals surface area contributed by atoms with E-state index in [0.717, 1.165) is 122 Å². The zero-order valence-electron chi connectivity index (χ0n) is 55.5. The van der Waals surface area contributed by atoms with E-state index in [1.54, 1.807) is 0 Å². The number of ether oxygens (including phenoxy) is 2. The number of esters is 2. The van der Waals surface area contributed by atoms with Gasteiger partial charge in [0, 0.05) is 12.8 Å².